The Labute approximate surface area is 176 Å². The van der Waals surface area contributed by atoms with E-state index in [0.717, 1.165) is 17.4 Å². The summed E-state index contributed by atoms with van der Waals surface area (Å²) in [7, 11) is 0. The van der Waals surface area contributed by atoms with Gasteiger partial charge in [-0.2, -0.15) is 0 Å². The van der Waals surface area contributed by atoms with Crippen LogP contribution in [0.15, 0.2) is 48.2 Å². The van der Waals surface area contributed by atoms with Gasteiger partial charge in [0.2, 0.25) is 0 Å². The van der Waals surface area contributed by atoms with Crippen molar-refractivity contribution in [3.63, 3.8) is 0 Å². The van der Waals surface area contributed by atoms with Crippen LogP contribution in [0.4, 0.5) is 14.0 Å². The number of carboxylic acids is 1. The normalized spacial score (nSPS) is 12.2. The van der Waals surface area contributed by atoms with Crippen LogP contribution >= 0.6 is 35.3 Å². The molecule has 0 saturated heterocycles. The van der Waals surface area contributed by atoms with Gasteiger partial charge in [0.25, 0.3) is 0 Å². The predicted molar refractivity (Wildman–Crippen MR) is 110 cm³/mol. The zero-order valence-corrected chi connectivity index (χ0v) is 16.7. The number of carboxylic acid groups (broad SMARTS) is 1. The number of imidazole rings is 1. The Morgan fingerprint density at radius 2 is 2.10 bits per heavy atom. The SMILES string of the molecule is O=C(O)c1ncsc1C(Nc1ccc2c(c1)ncn2SF)c1ccc(Cl)cc1F. The van der Waals surface area contributed by atoms with Gasteiger partial charge < -0.3 is 10.4 Å². The Morgan fingerprint density at radius 1 is 1.28 bits per heavy atom. The fraction of sp³-hybridized carbons (Fsp3) is 0.0556. The van der Waals surface area contributed by atoms with E-state index < -0.39 is 17.8 Å². The van der Waals surface area contributed by atoms with E-state index in [4.69, 9.17) is 11.6 Å². The summed E-state index contributed by atoms with van der Waals surface area (Å²) in [5.41, 5.74) is 3.09. The first-order chi connectivity index (χ1) is 14.0. The summed E-state index contributed by atoms with van der Waals surface area (Å²) >= 11 is 6.99. The van der Waals surface area contributed by atoms with Crippen molar-refractivity contribution in [3.05, 3.63) is 75.2 Å². The van der Waals surface area contributed by atoms with Gasteiger partial charge in [0.1, 0.15) is 12.1 Å². The van der Waals surface area contributed by atoms with Gasteiger partial charge in [0.15, 0.2) is 18.0 Å². The molecule has 0 amide bonds. The second kappa shape index (κ2) is 7.97. The van der Waals surface area contributed by atoms with E-state index in [0.29, 0.717) is 21.6 Å². The lowest BCUT2D eigenvalue weighted by Gasteiger charge is -2.20. The number of fused-ring (bicyclic) bond motifs is 1. The molecule has 4 rings (SSSR count). The van der Waals surface area contributed by atoms with Gasteiger partial charge in [-0.1, -0.05) is 17.7 Å². The molecule has 2 aromatic heterocycles. The largest absolute Gasteiger partial charge is 0.476 e. The fourth-order valence-electron chi connectivity index (χ4n) is 2.94. The van der Waals surface area contributed by atoms with Gasteiger partial charge >= 0.3 is 5.97 Å². The molecule has 6 nitrogen and oxygen atoms in total. The van der Waals surface area contributed by atoms with Crippen molar-refractivity contribution in [3.8, 4) is 0 Å². The molecule has 0 fully saturated rings. The van der Waals surface area contributed by atoms with E-state index in [-0.39, 0.29) is 28.6 Å². The summed E-state index contributed by atoms with van der Waals surface area (Å²) in [6.45, 7) is 0. The van der Waals surface area contributed by atoms with E-state index in [1.54, 1.807) is 18.2 Å². The lowest BCUT2D eigenvalue weighted by atomic mass is 10.0. The molecule has 0 bridgehead atoms. The smallest absolute Gasteiger partial charge is 0.355 e. The number of rotatable bonds is 6. The standard InChI is InChI=1S/C18H11ClF2N4O2S2/c19-9-1-3-11(12(20)5-9)15(17-16(18(26)27)23-8-28-17)24-10-2-4-14-13(6-10)22-7-25(14)29-21/h1-8,15,24H,(H,26,27). The van der Waals surface area contributed by atoms with Crippen LogP contribution in [0.2, 0.25) is 5.02 Å². The monoisotopic (exact) mass is 452 g/mol. The van der Waals surface area contributed by atoms with E-state index in [1.807, 2.05) is 0 Å². The summed E-state index contributed by atoms with van der Waals surface area (Å²) in [5, 5.41) is 12.8. The van der Waals surface area contributed by atoms with E-state index in [9.17, 15) is 18.2 Å². The van der Waals surface area contributed by atoms with Gasteiger partial charge in [0.05, 0.1) is 27.5 Å². The highest BCUT2D eigenvalue weighted by Crippen LogP contribution is 2.35. The molecule has 148 valence electrons. The van der Waals surface area contributed by atoms with Crippen molar-refractivity contribution < 1.29 is 18.2 Å². The topological polar surface area (TPSA) is 80.0 Å². The molecule has 0 saturated carbocycles. The number of aromatic nitrogens is 3. The first kappa shape index (κ1) is 19.6. The van der Waals surface area contributed by atoms with Crippen LogP contribution in [0.5, 0.6) is 0 Å². The van der Waals surface area contributed by atoms with Crippen molar-refractivity contribution in [1.82, 2.24) is 13.9 Å². The molecule has 0 spiro atoms. The minimum atomic E-state index is -1.21. The molecule has 0 aliphatic carbocycles. The number of benzene rings is 2. The second-order valence-corrected chi connectivity index (χ2v) is 7.81. The molecule has 0 aliphatic heterocycles. The fourth-order valence-corrected chi connectivity index (χ4v) is 4.26. The minimum absolute atomic E-state index is 0.0279. The maximum absolute atomic E-state index is 14.7. The molecule has 29 heavy (non-hydrogen) atoms. The number of anilines is 1. The van der Waals surface area contributed by atoms with Gasteiger partial charge in [-0.05, 0) is 30.3 Å². The van der Waals surface area contributed by atoms with Gasteiger partial charge in [-0.25, -0.2) is 23.1 Å². The van der Waals surface area contributed by atoms with Gasteiger partial charge in [0, 0.05) is 16.3 Å². The molecule has 1 unspecified atom stereocenters. The van der Waals surface area contributed by atoms with Crippen LogP contribution in [-0.4, -0.2) is 25.0 Å². The van der Waals surface area contributed by atoms with Crippen LogP contribution in [0, 0.1) is 5.82 Å². The van der Waals surface area contributed by atoms with Crippen molar-refractivity contribution in [2.75, 3.05) is 5.32 Å². The van der Waals surface area contributed by atoms with Gasteiger partial charge in [-0.3, -0.25) is 0 Å². The summed E-state index contributed by atoms with van der Waals surface area (Å²) in [6.07, 6.45) is 1.35. The highest BCUT2D eigenvalue weighted by atomic mass is 35.5. The molecule has 2 N–H and O–H groups in total. The van der Waals surface area contributed by atoms with E-state index >= 15 is 0 Å². The number of hydrogen-bond donors (Lipinski definition) is 2. The Kier molecular flexibility index (Phi) is 5.39. The Morgan fingerprint density at radius 3 is 2.83 bits per heavy atom. The molecule has 2 aromatic carbocycles. The Hall–Kier alpha value is -2.69. The third-order valence-electron chi connectivity index (χ3n) is 4.23. The van der Waals surface area contributed by atoms with Crippen molar-refractivity contribution >= 4 is 58.0 Å². The molecule has 0 aliphatic rings. The van der Waals surface area contributed by atoms with Crippen LogP contribution < -0.4 is 5.32 Å². The van der Waals surface area contributed by atoms with E-state index in [2.05, 4.69) is 15.3 Å². The lowest BCUT2D eigenvalue weighted by Crippen LogP contribution is -2.16. The number of nitrogens with one attached hydrogen (secondary N) is 1. The summed E-state index contributed by atoms with van der Waals surface area (Å²) in [4.78, 5) is 19.9. The molecule has 2 heterocycles. The van der Waals surface area contributed by atoms with Crippen LogP contribution in [-0.2, 0) is 0 Å². The van der Waals surface area contributed by atoms with Crippen LogP contribution in [0.1, 0.15) is 27.0 Å². The maximum Gasteiger partial charge on any atom is 0.355 e. The Balaban J connectivity index is 1.80. The van der Waals surface area contributed by atoms with Crippen molar-refractivity contribution in [2.45, 2.75) is 6.04 Å². The first-order valence-corrected chi connectivity index (χ1v) is 10.1. The van der Waals surface area contributed by atoms with Crippen LogP contribution in [0.25, 0.3) is 11.0 Å². The highest BCUT2D eigenvalue weighted by Gasteiger charge is 2.26. The first-order valence-electron chi connectivity index (χ1n) is 8.12. The molecular formula is C18H11ClF2N4O2S2. The number of carbonyl (C=O) groups is 1. The zero-order valence-electron chi connectivity index (χ0n) is 14.3. The second-order valence-electron chi connectivity index (χ2n) is 5.96. The molecule has 1 atom stereocenters. The highest BCUT2D eigenvalue weighted by molar-refractivity contribution is 7.92. The average Bonchev–Trinajstić information content (AvgIpc) is 3.33. The molecular weight excluding hydrogens is 442 g/mol. The zero-order chi connectivity index (χ0) is 20.5. The maximum atomic E-state index is 14.7. The third-order valence-corrected chi connectivity index (χ3v) is 5.80. The molecule has 11 heteroatoms. The summed E-state index contributed by atoms with van der Waals surface area (Å²) in [5.74, 6) is -1.80. The number of halogens is 3. The predicted octanol–water partition coefficient (Wildman–Crippen LogP) is 5.57. The minimum Gasteiger partial charge on any atom is -0.476 e. The van der Waals surface area contributed by atoms with Gasteiger partial charge in [-0.15, -0.1) is 15.2 Å². The quantitative estimate of drug-likeness (QED) is 0.398. The summed E-state index contributed by atoms with van der Waals surface area (Å²) < 4.78 is 28.9. The third kappa shape index (κ3) is 3.78. The molecule has 0 radical (unpaired) electrons. The van der Waals surface area contributed by atoms with Crippen molar-refractivity contribution in [2.24, 2.45) is 0 Å². The number of nitrogens with zero attached hydrogens (tertiary/aromatic N) is 3. The average molecular weight is 453 g/mol. The Bertz CT molecular complexity index is 1210. The van der Waals surface area contributed by atoms with Crippen molar-refractivity contribution in [1.29, 1.82) is 0 Å². The number of aromatic carboxylic acids is 1. The lowest BCUT2D eigenvalue weighted by molar-refractivity contribution is 0.0690. The van der Waals surface area contributed by atoms with Crippen LogP contribution in [0.3, 0.4) is 0 Å². The molecule has 4 aromatic rings. The number of hydrogen-bond acceptors (Lipinski definition) is 6. The van der Waals surface area contributed by atoms with E-state index in [1.165, 1.54) is 27.9 Å². The number of thiazole rings is 1. The summed E-state index contributed by atoms with van der Waals surface area (Å²) in [6, 6.07) is 8.37.